The third-order valence-electron chi connectivity index (χ3n) is 6.98. The van der Waals surface area contributed by atoms with E-state index in [0.717, 1.165) is 0 Å². The number of piperidine rings is 1. The van der Waals surface area contributed by atoms with E-state index in [1.165, 1.54) is 40.9 Å². The Labute approximate surface area is 208 Å². The number of pyridine rings is 2. The zero-order valence-corrected chi connectivity index (χ0v) is 21.3. The van der Waals surface area contributed by atoms with E-state index in [1.54, 1.807) is 30.1 Å². The van der Waals surface area contributed by atoms with Crippen molar-refractivity contribution < 1.29 is 22.3 Å². The van der Waals surface area contributed by atoms with Gasteiger partial charge in [0.15, 0.2) is 0 Å². The molecule has 1 amide bonds. The predicted octanol–water partition coefficient (Wildman–Crippen LogP) is 2.76. The molecule has 10 nitrogen and oxygen atoms in total. The van der Waals surface area contributed by atoms with E-state index >= 15 is 4.39 Å². The van der Waals surface area contributed by atoms with Crippen molar-refractivity contribution in [2.24, 2.45) is 7.05 Å². The van der Waals surface area contributed by atoms with Crippen LogP contribution in [-0.2, 0) is 28.3 Å². The summed E-state index contributed by atoms with van der Waals surface area (Å²) in [7, 11) is -0.607. The number of hydrogen-bond donors (Lipinski definition) is 0. The highest BCUT2D eigenvalue weighted by molar-refractivity contribution is 7.89. The molecule has 3 aromatic rings. The van der Waals surface area contributed by atoms with Crippen LogP contribution in [-0.4, -0.2) is 58.6 Å². The molecule has 0 atom stereocenters. The van der Waals surface area contributed by atoms with Crippen molar-refractivity contribution >= 4 is 21.6 Å². The molecule has 0 N–H and O–H groups in total. The summed E-state index contributed by atoms with van der Waals surface area (Å²) in [4.78, 5) is 23.7. The van der Waals surface area contributed by atoms with Crippen LogP contribution >= 0.6 is 0 Å². The standard InChI is InChI=1S/C24H27FN6O4S/c1-23(2)21-19(5-6-20(28-21)35-4)22(32)31(23)17-11-16(12-26-13-17)24(25)7-9-30(10-8-24)36(33,34)18-14-27-29(3)15-18/h5-6,11-15H,7-10H2,1-4H3. The minimum absolute atomic E-state index is 0.0151. The molecule has 190 valence electrons. The number of alkyl halides is 1. The van der Waals surface area contributed by atoms with E-state index in [-0.39, 0.29) is 36.7 Å². The maximum Gasteiger partial charge on any atom is 0.261 e. The molecule has 0 aliphatic carbocycles. The Morgan fingerprint density at radius 3 is 2.47 bits per heavy atom. The molecule has 2 aliphatic rings. The number of hydrogen-bond acceptors (Lipinski definition) is 7. The quantitative estimate of drug-likeness (QED) is 0.515. The average Bonchev–Trinajstić information content (AvgIpc) is 3.38. The molecule has 12 heteroatoms. The van der Waals surface area contributed by atoms with Crippen LogP contribution in [0.15, 0.2) is 47.9 Å². The molecule has 0 radical (unpaired) electrons. The normalized spacial score (nSPS) is 19.4. The minimum Gasteiger partial charge on any atom is -0.481 e. The van der Waals surface area contributed by atoms with Crippen LogP contribution in [0.3, 0.4) is 0 Å². The zero-order valence-electron chi connectivity index (χ0n) is 20.5. The van der Waals surface area contributed by atoms with Crippen molar-refractivity contribution in [2.75, 3.05) is 25.1 Å². The summed E-state index contributed by atoms with van der Waals surface area (Å²) in [5.74, 6) is 0.147. The van der Waals surface area contributed by atoms with Gasteiger partial charge in [-0.1, -0.05) is 0 Å². The van der Waals surface area contributed by atoms with E-state index in [1.807, 2.05) is 13.8 Å². The highest BCUT2D eigenvalue weighted by Crippen LogP contribution is 2.44. The molecule has 0 bridgehead atoms. The maximum atomic E-state index is 16.2. The second kappa shape index (κ2) is 8.34. The number of methoxy groups -OCH3 is 1. The second-order valence-electron chi connectivity index (χ2n) is 9.60. The first-order chi connectivity index (χ1) is 17.0. The van der Waals surface area contributed by atoms with Crippen LogP contribution in [0.2, 0.25) is 0 Å². The molecule has 0 spiro atoms. The average molecular weight is 515 g/mol. The summed E-state index contributed by atoms with van der Waals surface area (Å²) >= 11 is 0. The number of aromatic nitrogens is 4. The smallest absolute Gasteiger partial charge is 0.261 e. The fraction of sp³-hybridized carbons (Fsp3) is 0.417. The number of rotatable bonds is 5. The van der Waals surface area contributed by atoms with Crippen molar-refractivity contribution in [3.63, 3.8) is 0 Å². The predicted molar refractivity (Wildman–Crippen MR) is 129 cm³/mol. The lowest BCUT2D eigenvalue weighted by atomic mass is 9.87. The SMILES string of the molecule is COc1ccc2c(n1)C(C)(C)N(c1cncc(C3(F)CCN(S(=O)(=O)c4cnn(C)c4)CC3)c1)C2=O. The van der Waals surface area contributed by atoms with Crippen molar-refractivity contribution in [3.05, 3.63) is 59.8 Å². The Kier molecular flexibility index (Phi) is 5.63. The number of aryl methyl sites for hydroxylation is 1. The maximum absolute atomic E-state index is 16.2. The monoisotopic (exact) mass is 514 g/mol. The summed E-state index contributed by atoms with van der Waals surface area (Å²) < 4.78 is 49.9. The molecule has 3 aromatic heterocycles. The number of ether oxygens (including phenoxy) is 1. The number of carbonyl (C=O) groups excluding carboxylic acids is 1. The van der Waals surface area contributed by atoms with Crippen molar-refractivity contribution in [3.8, 4) is 5.88 Å². The van der Waals surface area contributed by atoms with E-state index in [0.29, 0.717) is 28.4 Å². The molecular weight excluding hydrogens is 487 g/mol. The Bertz CT molecular complexity index is 1450. The summed E-state index contributed by atoms with van der Waals surface area (Å²) in [6.07, 6.45) is 5.62. The summed E-state index contributed by atoms with van der Waals surface area (Å²) in [6, 6.07) is 4.94. The van der Waals surface area contributed by atoms with Crippen molar-refractivity contribution in [2.45, 2.75) is 42.8 Å². The highest BCUT2D eigenvalue weighted by Gasteiger charge is 2.47. The van der Waals surface area contributed by atoms with Crippen molar-refractivity contribution in [1.82, 2.24) is 24.1 Å². The summed E-state index contributed by atoms with van der Waals surface area (Å²) in [5.41, 5.74) is -0.821. The van der Waals surface area contributed by atoms with Gasteiger partial charge >= 0.3 is 0 Å². The van der Waals surface area contributed by atoms with Crippen LogP contribution < -0.4 is 9.64 Å². The number of sulfonamides is 1. The van der Waals surface area contributed by atoms with Gasteiger partial charge in [-0.2, -0.15) is 9.40 Å². The van der Waals surface area contributed by atoms with Gasteiger partial charge in [0, 0.05) is 44.2 Å². The topological polar surface area (TPSA) is 111 Å². The Morgan fingerprint density at radius 1 is 1.11 bits per heavy atom. The Balaban J connectivity index is 1.40. The van der Waals surface area contributed by atoms with Gasteiger partial charge in [-0.25, -0.2) is 17.8 Å². The lowest BCUT2D eigenvalue weighted by Crippen LogP contribution is -2.43. The van der Waals surface area contributed by atoms with Crippen LogP contribution in [0.5, 0.6) is 5.88 Å². The van der Waals surface area contributed by atoms with Gasteiger partial charge in [0.2, 0.25) is 15.9 Å². The van der Waals surface area contributed by atoms with Gasteiger partial charge in [-0.05, 0) is 38.8 Å². The highest BCUT2D eigenvalue weighted by atomic mass is 32.2. The summed E-state index contributed by atoms with van der Waals surface area (Å²) in [5, 5.41) is 3.93. The number of anilines is 1. The Hall–Kier alpha value is -3.38. The molecule has 5 rings (SSSR count). The molecule has 1 fully saturated rings. The first-order valence-electron chi connectivity index (χ1n) is 11.5. The van der Waals surface area contributed by atoms with Crippen LogP contribution in [0.25, 0.3) is 0 Å². The van der Waals surface area contributed by atoms with Crippen LogP contribution in [0, 0.1) is 0 Å². The van der Waals surface area contributed by atoms with Crippen LogP contribution in [0.1, 0.15) is 48.3 Å². The molecule has 0 unspecified atom stereocenters. The van der Waals surface area contributed by atoms with Crippen LogP contribution in [0.4, 0.5) is 10.1 Å². The first kappa shape index (κ1) is 24.3. The van der Waals surface area contributed by atoms with Gasteiger partial charge < -0.3 is 4.74 Å². The molecule has 1 saturated heterocycles. The molecular formula is C24H27FN6O4S. The largest absolute Gasteiger partial charge is 0.481 e. The molecule has 0 aromatic carbocycles. The molecule has 36 heavy (non-hydrogen) atoms. The second-order valence-corrected chi connectivity index (χ2v) is 11.5. The first-order valence-corrected chi connectivity index (χ1v) is 12.9. The minimum atomic E-state index is -3.76. The number of carbonyl (C=O) groups is 1. The van der Waals surface area contributed by atoms with Gasteiger partial charge in [0.25, 0.3) is 5.91 Å². The Morgan fingerprint density at radius 2 is 1.83 bits per heavy atom. The fourth-order valence-electron chi connectivity index (χ4n) is 4.96. The zero-order chi connectivity index (χ0) is 25.9. The van der Waals surface area contributed by atoms with Gasteiger partial charge in [0.1, 0.15) is 10.6 Å². The van der Waals surface area contributed by atoms with Gasteiger partial charge in [-0.15, -0.1) is 0 Å². The van der Waals surface area contributed by atoms with E-state index in [9.17, 15) is 13.2 Å². The summed E-state index contributed by atoms with van der Waals surface area (Å²) in [6.45, 7) is 3.76. The number of nitrogens with zero attached hydrogens (tertiary/aromatic N) is 6. The van der Waals surface area contributed by atoms with E-state index < -0.39 is 21.2 Å². The third kappa shape index (κ3) is 3.75. The third-order valence-corrected chi connectivity index (χ3v) is 8.84. The van der Waals surface area contributed by atoms with Gasteiger partial charge in [-0.3, -0.25) is 19.4 Å². The van der Waals surface area contributed by atoms with E-state index in [2.05, 4.69) is 15.1 Å². The number of amides is 1. The van der Waals surface area contributed by atoms with E-state index in [4.69, 9.17) is 4.74 Å². The fourth-order valence-corrected chi connectivity index (χ4v) is 6.39. The lowest BCUT2D eigenvalue weighted by molar-refractivity contribution is 0.0864. The number of fused-ring (bicyclic) bond motifs is 1. The molecule has 2 aliphatic heterocycles. The lowest BCUT2D eigenvalue weighted by Gasteiger charge is -2.36. The number of halogens is 1. The molecule has 5 heterocycles. The molecule has 0 saturated carbocycles. The van der Waals surface area contributed by atoms with Crippen molar-refractivity contribution in [1.29, 1.82) is 0 Å². The van der Waals surface area contributed by atoms with Gasteiger partial charge in [0.05, 0.1) is 42.0 Å².